The molecule has 5 heteroatoms. The Bertz CT molecular complexity index is 476. The number of amides is 1. The van der Waals surface area contributed by atoms with Crippen LogP contribution in [0.3, 0.4) is 0 Å². The molecule has 3 N–H and O–H groups in total. The van der Waals surface area contributed by atoms with Gasteiger partial charge in [0.1, 0.15) is 0 Å². The normalized spacial score (nSPS) is 15.3. The van der Waals surface area contributed by atoms with Gasteiger partial charge in [-0.25, -0.2) is 0 Å². The Morgan fingerprint density at radius 2 is 1.86 bits per heavy atom. The highest BCUT2D eigenvalue weighted by atomic mass is 16.5. The topological polar surface area (TPSA) is 73.6 Å². The van der Waals surface area contributed by atoms with Crippen molar-refractivity contribution in [2.45, 2.75) is 51.8 Å². The van der Waals surface area contributed by atoms with E-state index in [1.807, 2.05) is 45.0 Å². The van der Waals surface area contributed by atoms with Gasteiger partial charge in [-0.05, 0) is 39.8 Å². The zero-order valence-electron chi connectivity index (χ0n) is 13.5. The number of carbonyl (C=O) groups is 1. The molecule has 0 bridgehead atoms. The molecule has 0 saturated heterocycles. The van der Waals surface area contributed by atoms with E-state index in [9.17, 15) is 4.79 Å². The molecule has 0 radical (unpaired) electrons. The number of nitrogens with two attached hydrogens (primary N) is 1. The Kier molecular flexibility index (Phi) is 6.03. The average molecular weight is 294 g/mol. The van der Waals surface area contributed by atoms with Crippen molar-refractivity contribution in [3.63, 3.8) is 0 Å². The summed E-state index contributed by atoms with van der Waals surface area (Å²) in [5.74, 6) is 0.942. The highest BCUT2D eigenvalue weighted by Crippen LogP contribution is 2.28. The van der Waals surface area contributed by atoms with Crippen LogP contribution in [-0.4, -0.2) is 30.7 Å². The molecule has 5 nitrogen and oxygen atoms in total. The van der Waals surface area contributed by atoms with Gasteiger partial charge in [0.15, 0.2) is 11.5 Å². The largest absolute Gasteiger partial charge is 0.493 e. The monoisotopic (exact) mass is 294 g/mol. The molecule has 1 aromatic rings. The smallest absolute Gasteiger partial charge is 0.237 e. The lowest BCUT2D eigenvalue weighted by molar-refractivity contribution is -0.125. The summed E-state index contributed by atoms with van der Waals surface area (Å²) in [5, 5.41) is 3.22. The van der Waals surface area contributed by atoms with Gasteiger partial charge in [0, 0.05) is 12.5 Å². The fraction of sp³-hybridized carbons (Fsp3) is 0.562. The van der Waals surface area contributed by atoms with E-state index in [0.29, 0.717) is 17.9 Å². The van der Waals surface area contributed by atoms with E-state index in [1.54, 1.807) is 14.0 Å². The van der Waals surface area contributed by atoms with E-state index in [-0.39, 0.29) is 18.1 Å². The summed E-state index contributed by atoms with van der Waals surface area (Å²) in [5.41, 5.74) is 4.73. The third-order valence-corrected chi connectivity index (χ3v) is 3.24. The zero-order chi connectivity index (χ0) is 16.0. The molecule has 0 aliphatic heterocycles. The third kappa shape index (κ3) is 4.93. The number of hydrogen-bond acceptors (Lipinski definition) is 4. The van der Waals surface area contributed by atoms with E-state index >= 15 is 0 Å². The predicted octanol–water partition coefficient (Wildman–Crippen LogP) is 2.09. The van der Waals surface area contributed by atoms with Crippen LogP contribution in [0.4, 0.5) is 0 Å². The number of hydrogen-bond donors (Lipinski definition) is 2. The Hall–Kier alpha value is -1.75. The summed E-state index contributed by atoms with van der Waals surface area (Å²) in [4.78, 5) is 11.7. The Morgan fingerprint density at radius 3 is 2.33 bits per heavy atom. The first-order valence-corrected chi connectivity index (χ1v) is 7.15. The molecule has 0 spiro atoms. The van der Waals surface area contributed by atoms with Gasteiger partial charge in [0.2, 0.25) is 5.91 Å². The standard InChI is InChI=1S/C16H26N2O3/c1-11(2)18-16(4,15(17)19)10-12(3)21-14-9-7-6-8-13(14)20-5/h6-9,11-12,18H,10H2,1-5H3,(H2,17,19). The maximum Gasteiger partial charge on any atom is 0.237 e. The molecule has 1 amide bonds. The second-order valence-electron chi connectivity index (χ2n) is 5.78. The first kappa shape index (κ1) is 17.3. The molecule has 2 atom stereocenters. The van der Waals surface area contributed by atoms with E-state index < -0.39 is 5.54 Å². The third-order valence-electron chi connectivity index (χ3n) is 3.24. The van der Waals surface area contributed by atoms with Gasteiger partial charge in [-0.1, -0.05) is 12.1 Å². The van der Waals surface area contributed by atoms with Crippen LogP contribution >= 0.6 is 0 Å². The van der Waals surface area contributed by atoms with Crippen molar-refractivity contribution in [3.8, 4) is 11.5 Å². The van der Waals surface area contributed by atoms with Crippen LogP contribution in [0.15, 0.2) is 24.3 Å². The fourth-order valence-corrected chi connectivity index (χ4v) is 2.42. The molecule has 0 saturated carbocycles. The number of ether oxygens (including phenoxy) is 2. The summed E-state index contributed by atoms with van der Waals surface area (Å²) >= 11 is 0. The van der Waals surface area contributed by atoms with Gasteiger partial charge in [0.05, 0.1) is 18.8 Å². The Morgan fingerprint density at radius 1 is 1.29 bits per heavy atom. The Labute approximate surface area is 126 Å². The Balaban J connectivity index is 2.79. The lowest BCUT2D eigenvalue weighted by Crippen LogP contribution is -2.57. The van der Waals surface area contributed by atoms with Crippen molar-refractivity contribution >= 4 is 5.91 Å². The van der Waals surface area contributed by atoms with Gasteiger partial charge < -0.3 is 20.5 Å². The fourth-order valence-electron chi connectivity index (χ4n) is 2.42. The van der Waals surface area contributed by atoms with Crippen LogP contribution in [0.25, 0.3) is 0 Å². The zero-order valence-corrected chi connectivity index (χ0v) is 13.5. The molecule has 0 heterocycles. The second kappa shape index (κ2) is 7.31. The van der Waals surface area contributed by atoms with Crippen LogP contribution in [0.2, 0.25) is 0 Å². The maximum atomic E-state index is 11.7. The summed E-state index contributed by atoms with van der Waals surface area (Å²) < 4.78 is 11.1. The van der Waals surface area contributed by atoms with Crippen molar-refractivity contribution in [1.82, 2.24) is 5.32 Å². The van der Waals surface area contributed by atoms with Crippen molar-refractivity contribution in [1.29, 1.82) is 0 Å². The number of benzene rings is 1. The molecule has 0 fully saturated rings. The van der Waals surface area contributed by atoms with E-state index in [0.717, 1.165) is 0 Å². The summed E-state index contributed by atoms with van der Waals surface area (Å²) in [6.45, 7) is 7.67. The molecule has 0 aliphatic rings. The van der Waals surface area contributed by atoms with Gasteiger partial charge in [-0.3, -0.25) is 4.79 Å². The SMILES string of the molecule is COc1ccccc1OC(C)CC(C)(NC(C)C)C(N)=O. The van der Waals surface area contributed by atoms with Crippen LogP contribution in [0, 0.1) is 0 Å². The molecule has 1 rings (SSSR count). The summed E-state index contributed by atoms with van der Waals surface area (Å²) in [6.07, 6.45) is 0.281. The molecule has 0 aromatic heterocycles. The van der Waals surface area contributed by atoms with Crippen LogP contribution in [-0.2, 0) is 4.79 Å². The first-order chi connectivity index (χ1) is 9.78. The van der Waals surface area contributed by atoms with Crippen LogP contribution in [0.1, 0.15) is 34.1 Å². The van der Waals surface area contributed by atoms with E-state index in [1.165, 1.54) is 0 Å². The minimum atomic E-state index is -0.810. The summed E-state index contributed by atoms with van der Waals surface area (Å²) in [7, 11) is 1.60. The first-order valence-electron chi connectivity index (χ1n) is 7.15. The minimum Gasteiger partial charge on any atom is -0.493 e. The van der Waals surface area contributed by atoms with E-state index in [2.05, 4.69) is 5.32 Å². The maximum absolute atomic E-state index is 11.7. The predicted molar refractivity (Wildman–Crippen MR) is 83.6 cm³/mol. The van der Waals surface area contributed by atoms with E-state index in [4.69, 9.17) is 15.2 Å². The molecular weight excluding hydrogens is 268 g/mol. The van der Waals surface area contributed by atoms with Gasteiger partial charge >= 0.3 is 0 Å². The highest BCUT2D eigenvalue weighted by molar-refractivity contribution is 5.84. The van der Waals surface area contributed by atoms with Gasteiger partial charge in [-0.15, -0.1) is 0 Å². The number of nitrogens with one attached hydrogen (secondary N) is 1. The van der Waals surface area contributed by atoms with Crippen molar-refractivity contribution in [3.05, 3.63) is 24.3 Å². The number of rotatable bonds is 8. The highest BCUT2D eigenvalue weighted by Gasteiger charge is 2.34. The number of carbonyl (C=O) groups excluding carboxylic acids is 1. The number of para-hydroxylation sites is 2. The van der Waals surface area contributed by atoms with Crippen molar-refractivity contribution in [2.75, 3.05) is 7.11 Å². The van der Waals surface area contributed by atoms with Crippen molar-refractivity contribution < 1.29 is 14.3 Å². The lowest BCUT2D eigenvalue weighted by Gasteiger charge is -2.32. The summed E-state index contributed by atoms with van der Waals surface area (Å²) in [6, 6.07) is 7.59. The van der Waals surface area contributed by atoms with Crippen LogP contribution in [0.5, 0.6) is 11.5 Å². The van der Waals surface area contributed by atoms with Crippen LogP contribution < -0.4 is 20.5 Å². The molecule has 21 heavy (non-hydrogen) atoms. The molecule has 2 unspecified atom stereocenters. The van der Waals surface area contributed by atoms with Gasteiger partial charge in [-0.2, -0.15) is 0 Å². The number of primary amides is 1. The lowest BCUT2D eigenvalue weighted by atomic mass is 9.93. The average Bonchev–Trinajstić information content (AvgIpc) is 2.37. The quantitative estimate of drug-likeness (QED) is 0.770. The molecule has 118 valence electrons. The van der Waals surface area contributed by atoms with Crippen molar-refractivity contribution in [2.24, 2.45) is 5.73 Å². The molecular formula is C16H26N2O3. The number of methoxy groups -OCH3 is 1. The molecule has 1 aromatic carbocycles. The minimum absolute atomic E-state index is 0.154. The van der Waals surface area contributed by atoms with Gasteiger partial charge in [0.25, 0.3) is 0 Å². The molecule has 0 aliphatic carbocycles. The second-order valence-corrected chi connectivity index (χ2v) is 5.78.